The average molecular weight is 451 g/mol. The maximum atomic E-state index is 13.2. The van der Waals surface area contributed by atoms with Crippen molar-refractivity contribution in [1.29, 1.82) is 0 Å². The predicted octanol–water partition coefficient (Wildman–Crippen LogP) is 2.48. The number of hydrogen-bond donors (Lipinski definition) is 2. The Balaban J connectivity index is 1.79. The monoisotopic (exact) mass is 450 g/mol. The Bertz CT molecular complexity index is 999. The molecule has 2 heterocycles. The van der Waals surface area contributed by atoms with Crippen LogP contribution in [0.1, 0.15) is 29.7 Å². The number of thiophene rings is 1. The first kappa shape index (κ1) is 22.5. The topological polar surface area (TPSA) is 102 Å². The Morgan fingerprint density at radius 2 is 2.13 bits per heavy atom. The van der Waals surface area contributed by atoms with Crippen LogP contribution in [-0.4, -0.2) is 47.5 Å². The van der Waals surface area contributed by atoms with Gasteiger partial charge in [0, 0.05) is 25.1 Å². The molecular formula is C20H26N4O4S2. The summed E-state index contributed by atoms with van der Waals surface area (Å²) in [5.74, 6) is -0.492. The molecule has 10 heteroatoms. The van der Waals surface area contributed by atoms with Crippen LogP contribution in [0.4, 0.5) is 4.79 Å². The summed E-state index contributed by atoms with van der Waals surface area (Å²) < 4.78 is 6.40. The zero-order chi connectivity index (χ0) is 21.5. The van der Waals surface area contributed by atoms with Gasteiger partial charge in [0.05, 0.1) is 17.7 Å². The third kappa shape index (κ3) is 5.30. The molecule has 162 valence electrons. The van der Waals surface area contributed by atoms with Gasteiger partial charge in [0.1, 0.15) is 4.83 Å². The Hall–Kier alpha value is -2.17. The number of ether oxygens (including phenoxy) is 1. The summed E-state index contributed by atoms with van der Waals surface area (Å²) in [6.45, 7) is 4.72. The van der Waals surface area contributed by atoms with Crippen molar-refractivity contribution >= 4 is 45.3 Å². The van der Waals surface area contributed by atoms with Crippen molar-refractivity contribution in [2.45, 2.75) is 43.8 Å². The average Bonchev–Trinajstić information content (AvgIpc) is 2.90. The molecule has 0 spiro atoms. The number of allylic oxidation sites excluding steroid dienone is 1. The summed E-state index contributed by atoms with van der Waals surface area (Å²) in [4.78, 5) is 43.7. The molecule has 2 N–H and O–H groups in total. The summed E-state index contributed by atoms with van der Waals surface area (Å²) in [7, 11) is 1.53. The molecule has 0 bridgehead atoms. The molecule has 3 amide bonds. The first-order valence-corrected chi connectivity index (χ1v) is 11.7. The minimum atomic E-state index is -0.577. The van der Waals surface area contributed by atoms with E-state index in [2.05, 4.69) is 17.2 Å². The van der Waals surface area contributed by atoms with E-state index in [1.807, 2.05) is 0 Å². The molecule has 1 aliphatic rings. The minimum absolute atomic E-state index is 0.0299. The number of aromatic nitrogens is 2. The minimum Gasteiger partial charge on any atom is -0.383 e. The molecular weight excluding hydrogens is 424 g/mol. The van der Waals surface area contributed by atoms with Crippen LogP contribution in [0.2, 0.25) is 0 Å². The molecule has 2 aromatic rings. The number of amides is 3. The smallest absolute Gasteiger partial charge is 0.321 e. The number of methoxy groups -OCH3 is 1. The van der Waals surface area contributed by atoms with E-state index < -0.39 is 11.9 Å². The maximum Gasteiger partial charge on any atom is 0.321 e. The lowest BCUT2D eigenvalue weighted by Crippen LogP contribution is -2.41. The Kier molecular flexibility index (Phi) is 8.06. The third-order valence-electron chi connectivity index (χ3n) is 4.78. The number of nitrogens with one attached hydrogen (secondary N) is 2. The van der Waals surface area contributed by atoms with E-state index in [1.54, 1.807) is 22.0 Å². The number of rotatable bonds is 8. The van der Waals surface area contributed by atoms with Crippen LogP contribution in [0.5, 0.6) is 0 Å². The number of imide groups is 1. The van der Waals surface area contributed by atoms with E-state index in [9.17, 15) is 14.4 Å². The second-order valence-electron chi connectivity index (χ2n) is 6.93. The fraction of sp³-hybridized carbons (Fsp3) is 0.500. The van der Waals surface area contributed by atoms with Gasteiger partial charge in [0.2, 0.25) is 5.91 Å². The fourth-order valence-electron chi connectivity index (χ4n) is 3.40. The third-order valence-corrected chi connectivity index (χ3v) is 6.94. The maximum absolute atomic E-state index is 13.2. The molecule has 8 nitrogen and oxygen atoms in total. The quantitative estimate of drug-likeness (QED) is 0.211. The molecule has 0 radical (unpaired) electrons. The van der Waals surface area contributed by atoms with E-state index in [0.29, 0.717) is 30.2 Å². The molecule has 0 saturated heterocycles. The molecule has 30 heavy (non-hydrogen) atoms. The van der Waals surface area contributed by atoms with Gasteiger partial charge in [0.15, 0.2) is 5.16 Å². The number of nitrogens with zero attached hydrogens (tertiary/aromatic N) is 2. The van der Waals surface area contributed by atoms with Crippen LogP contribution in [0.15, 0.2) is 22.6 Å². The molecule has 0 aromatic carbocycles. The molecule has 2 aromatic heterocycles. The molecule has 3 rings (SSSR count). The van der Waals surface area contributed by atoms with Crippen molar-refractivity contribution in [3.63, 3.8) is 0 Å². The lowest BCUT2D eigenvalue weighted by atomic mass is 10.1. The lowest BCUT2D eigenvalue weighted by molar-refractivity contribution is -0.117. The molecule has 1 aliphatic carbocycles. The number of hydrogen-bond acceptors (Lipinski definition) is 7. The van der Waals surface area contributed by atoms with Crippen LogP contribution < -0.4 is 16.2 Å². The lowest BCUT2D eigenvalue weighted by Gasteiger charge is -2.11. The van der Waals surface area contributed by atoms with Gasteiger partial charge in [-0.25, -0.2) is 9.78 Å². The number of urea groups is 1. The predicted molar refractivity (Wildman–Crippen MR) is 119 cm³/mol. The largest absolute Gasteiger partial charge is 0.383 e. The van der Waals surface area contributed by atoms with Gasteiger partial charge in [-0.05, 0) is 31.2 Å². The Morgan fingerprint density at radius 1 is 1.33 bits per heavy atom. The summed E-state index contributed by atoms with van der Waals surface area (Å²) in [6.07, 6.45) is 6.94. The first-order valence-electron chi connectivity index (χ1n) is 9.90. The van der Waals surface area contributed by atoms with E-state index in [-0.39, 0.29) is 11.3 Å². The van der Waals surface area contributed by atoms with Crippen molar-refractivity contribution in [2.75, 3.05) is 26.0 Å². The highest BCUT2D eigenvalue weighted by molar-refractivity contribution is 7.99. The summed E-state index contributed by atoms with van der Waals surface area (Å²) >= 11 is 2.72. The Morgan fingerprint density at radius 3 is 2.90 bits per heavy atom. The zero-order valence-corrected chi connectivity index (χ0v) is 18.6. The van der Waals surface area contributed by atoms with Crippen LogP contribution >= 0.6 is 23.1 Å². The fourth-order valence-corrected chi connectivity index (χ4v) is 5.51. The number of fused-ring (bicyclic) bond motifs is 3. The van der Waals surface area contributed by atoms with E-state index in [0.717, 1.165) is 47.8 Å². The van der Waals surface area contributed by atoms with Gasteiger partial charge in [-0.3, -0.25) is 19.5 Å². The highest BCUT2D eigenvalue weighted by atomic mass is 32.2. The van der Waals surface area contributed by atoms with Gasteiger partial charge in [-0.15, -0.1) is 17.9 Å². The molecule has 0 atom stereocenters. The SMILES string of the molecule is C=CCn1c(SCC(=O)NC(=O)NCCOC)nc2sc3c(c2c1=O)CCCCC3. The standard InChI is InChI=1S/C20H26N4O4S2/c1-3-10-24-18(26)16-13-7-5-4-6-8-14(13)30-17(16)23-20(24)29-12-15(25)22-19(27)21-9-11-28-2/h3H,1,4-12H2,2H3,(H2,21,22,25,27). The van der Waals surface area contributed by atoms with Gasteiger partial charge in [0.25, 0.3) is 5.56 Å². The van der Waals surface area contributed by atoms with Crippen molar-refractivity contribution in [1.82, 2.24) is 20.2 Å². The van der Waals surface area contributed by atoms with Crippen molar-refractivity contribution < 1.29 is 14.3 Å². The summed E-state index contributed by atoms with van der Waals surface area (Å²) in [6, 6.07) is -0.577. The number of carbonyl (C=O) groups excluding carboxylic acids is 2. The normalized spacial score (nSPS) is 13.5. The second-order valence-corrected chi connectivity index (χ2v) is 8.96. The van der Waals surface area contributed by atoms with Gasteiger partial charge < -0.3 is 10.1 Å². The van der Waals surface area contributed by atoms with Gasteiger partial charge in [-0.1, -0.05) is 24.3 Å². The number of carbonyl (C=O) groups is 2. The first-order chi connectivity index (χ1) is 14.5. The number of aryl methyl sites for hydroxylation is 2. The Labute approximate surface area is 183 Å². The van der Waals surface area contributed by atoms with Gasteiger partial charge in [-0.2, -0.15) is 0 Å². The van der Waals surface area contributed by atoms with Crippen molar-refractivity contribution in [3.8, 4) is 0 Å². The van der Waals surface area contributed by atoms with E-state index in [4.69, 9.17) is 9.72 Å². The zero-order valence-electron chi connectivity index (χ0n) is 17.0. The van der Waals surface area contributed by atoms with E-state index in [1.165, 1.54) is 18.4 Å². The van der Waals surface area contributed by atoms with Gasteiger partial charge >= 0.3 is 6.03 Å². The highest BCUT2D eigenvalue weighted by Crippen LogP contribution is 2.34. The summed E-state index contributed by atoms with van der Waals surface area (Å²) in [5, 5.41) is 5.95. The second kappa shape index (κ2) is 10.7. The molecule has 0 aliphatic heterocycles. The van der Waals surface area contributed by atoms with Crippen LogP contribution in [0, 0.1) is 0 Å². The summed E-state index contributed by atoms with van der Waals surface area (Å²) in [5.41, 5.74) is 1.06. The molecule has 0 unspecified atom stereocenters. The van der Waals surface area contributed by atoms with Crippen LogP contribution in [0.3, 0.4) is 0 Å². The van der Waals surface area contributed by atoms with Crippen molar-refractivity contribution in [2.24, 2.45) is 0 Å². The number of thioether (sulfide) groups is 1. The van der Waals surface area contributed by atoms with E-state index >= 15 is 0 Å². The van der Waals surface area contributed by atoms with Crippen molar-refractivity contribution in [3.05, 3.63) is 33.4 Å². The van der Waals surface area contributed by atoms with Crippen LogP contribution in [0.25, 0.3) is 10.2 Å². The van der Waals surface area contributed by atoms with Crippen LogP contribution in [-0.2, 0) is 28.9 Å². The molecule has 0 fully saturated rings. The molecule has 0 saturated carbocycles. The highest BCUT2D eigenvalue weighted by Gasteiger charge is 2.21.